The molecule has 0 spiro atoms. The Balaban J connectivity index is 2.20. The first-order chi connectivity index (χ1) is 7.74. The van der Waals surface area contributed by atoms with Crippen LogP contribution in [0.5, 0.6) is 0 Å². The van der Waals surface area contributed by atoms with E-state index in [1.807, 2.05) is 37.3 Å². The number of aliphatic hydroxyl groups is 2. The molecule has 0 fully saturated rings. The standard InChI is InChI=1S/C13H20O3/c1-2-6-12(14)13(15)10-16-9-11-7-4-3-5-8-11/h3-5,7-8,12-15H,2,6,9-10H2,1H3/t12-,13+/m0/s1. The molecule has 0 aliphatic rings. The smallest absolute Gasteiger partial charge is 0.103 e. The summed E-state index contributed by atoms with van der Waals surface area (Å²) in [6, 6.07) is 9.77. The molecular weight excluding hydrogens is 204 g/mol. The quantitative estimate of drug-likeness (QED) is 0.741. The lowest BCUT2D eigenvalue weighted by Gasteiger charge is -2.17. The SMILES string of the molecule is CCC[C@H](O)[C@H](O)COCc1ccccc1. The van der Waals surface area contributed by atoms with Crippen molar-refractivity contribution in [2.45, 2.75) is 38.6 Å². The highest BCUT2D eigenvalue weighted by Crippen LogP contribution is 2.05. The van der Waals surface area contributed by atoms with Crippen molar-refractivity contribution in [1.29, 1.82) is 0 Å². The molecule has 90 valence electrons. The molecule has 16 heavy (non-hydrogen) atoms. The maximum absolute atomic E-state index is 9.55. The predicted octanol–water partition coefficient (Wildman–Crippen LogP) is 1.73. The number of hydrogen-bond donors (Lipinski definition) is 2. The Hall–Kier alpha value is -0.900. The molecule has 1 rings (SSSR count). The average molecular weight is 224 g/mol. The molecule has 3 nitrogen and oxygen atoms in total. The van der Waals surface area contributed by atoms with Gasteiger partial charge in [0.2, 0.25) is 0 Å². The molecule has 0 radical (unpaired) electrons. The van der Waals surface area contributed by atoms with E-state index in [-0.39, 0.29) is 6.61 Å². The zero-order chi connectivity index (χ0) is 11.8. The number of benzene rings is 1. The van der Waals surface area contributed by atoms with Gasteiger partial charge in [0, 0.05) is 0 Å². The summed E-state index contributed by atoms with van der Waals surface area (Å²) in [5.74, 6) is 0. The Bertz CT molecular complexity index is 274. The molecule has 0 aromatic heterocycles. The van der Waals surface area contributed by atoms with Crippen LogP contribution in [0, 0.1) is 0 Å². The number of aliphatic hydroxyl groups excluding tert-OH is 2. The molecule has 0 heterocycles. The monoisotopic (exact) mass is 224 g/mol. The molecular formula is C13H20O3. The molecule has 3 heteroatoms. The van der Waals surface area contributed by atoms with Gasteiger partial charge in [-0.15, -0.1) is 0 Å². The van der Waals surface area contributed by atoms with E-state index in [1.165, 1.54) is 0 Å². The summed E-state index contributed by atoms with van der Waals surface area (Å²) < 4.78 is 5.34. The molecule has 1 aromatic carbocycles. The fourth-order valence-electron chi connectivity index (χ4n) is 1.47. The Morgan fingerprint density at radius 1 is 1.12 bits per heavy atom. The lowest BCUT2D eigenvalue weighted by atomic mass is 10.1. The summed E-state index contributed by atoms with van der Waals surface area (Å²) in [6.07, 6.45) is -0.00306. The minimum absolute atomic E-state index is 0.177. The molecule has 0 aliphatic carbocycles. The maximum atomic E-state index is 9.55. The van der Waals surface area contributed by atoms with Gasteiger partial charge in [-0.3, -0.25) is 0 Å². The summed E-state index contributed by atoms with van der Waals surface area (Å²) in [6.45, 7) is 2.62. The van der Waals surface area contributed by atoms with Gasteiger partial charge in [0.05, 0.1) is 19.3 Å². The van der Waals surface area contributed by atoms with Gasteiger partial charge in [-0.2, -0.15) is 0 Å². The Labute approximate surface area is 96.7 Å². The van der Waals surface area contributed by atoms with Gasteiger partial charge in [-0.25, -0.2) is 0 Å². The van der Waals surface area contributed by atoms with E-state index in [0.717, 1.165) is 12.0 Å². The van der Waals surface area contributed by atoms with E-state index < -0.39 is 12.2 Å². The van der Waals surface area contributed by atoms with E-state index >= 15 is 0 Å². The minimum Gasteiger partial charge on any atom is -0.390 e. The summed E-state index contributed by atoms with van der Waals surface area (Å²) >= 11 is 0. The maximum Gasteiger partial charge on any atom is 0.103 e. The lowest BCUT2D eigenvalue weighted by molar-refractivity contribution is -0.0448. The molecule has 0 saturated carbocycles. The van der Waals surface area contributed by atoms with E-state index in [2.05, 4.69) is 0 Å². The van der Waals surface area contributed by atoms with Gasteiger partial charge in [0.15, 0.2) is 0 Å². The van der Waals surface area contributed by atoms with Crippen LogP contribution in [0.2, 0.25) is 0 Å². The summed E-state index contributed by atoms with van der Waals surface area (Å²) in [4.78, 5) is 0. The Morgan fingerprint density at radius 2 is 1.81 bits per heavy atom. The second-order valence-electron chi connectivity index (χ2n) is 3.92. The van der Waals surface area contributed by atoms with Crippen molar-refractivity contribution in [3.05, 3.63) is 35.9 Å². The first-order valence-electron chi connectivity index (χ1n) is 5.71. The fraction of sp³-hybridized carbons (Fsp3) is 0.538. The average Bonchev–Trinajstić information content (AvgIpc) is 2.30. The van der Waals surface area contributed by atoms with Crippen LogP contribution in [0.1, 0.15) is 25.3 Å². The minimum atomic E-state index is -0.788. The predicted molar refractivity (Wildman–Crippen MR) is 63.0 cm³/mol. The highest BCUT2D eigenvalue weighted by Gasteiger charge is 2.14. The summed E-state index contributed by atoms with van der Waals surface area (Å²) in [5.41, 5.74) is 1.07. The van der Waals surface area contributed by atoms with E-state index in [0.29, 0.717) is 13.0 Å². The van der Waals surface area contributed by atoms with Crippen LogP contribution in [-0.4, -0.2) is 29.0 Å². The van der Waals surface area contributed by atoms with Crippen molar-refractivity contribution in [3.8, 4) is 0 Å². The van der Waals surface area contributed by atoms with Crippen LogP contribution in [0.3, 0.4) is 0 Å². The number of rotatable bonds is 7. The van der Waals surface area contributed by atoms with Crippen molar-refractivity contribution in [2.24, 2.45) is 0 Å². The first kappa shape index (κ1) is 13.2. The largest absolute Gasteiger partial charge is 0.390 e. The van der Waals surface area contributed by atoms with Crippen LogP contribution in [0.4, 0.5) is 0 Å². The van der Waals surface area contributed by atoms with E-state index in [9.17, 15) is 10.2 Å². The highest BCUT2D eigenvalue weighted by atomic mass is 16.5. The van der Waals surface area contributed by atoms with Crippen LogP contribution < -0.4 is 0 Å². The third-order valence-corrected chi connectivity index (χ3v) is 2.43. The molecule has 0 bridgehead atoms. The molecule has 2 N–H and O–H groups in total. The van der Waals surface area contributed by atoms with Crippen LogP contribution >= 0.6 is 0 Å². The molecule has 1 aromatic rings. The Kier molecular flexibility index (Phi) is 6.08. The van der Waals surface area contributed by atoms with Crippen molar-refractivity contribution in [3.63, 3.8) is 0 Å². The van der Waals surface area contributed by atoms with Gasteiger partial charge < -0.3 is 14.9 Å². The highest BCUT2D eigenvalue weighted by molar-refractivity contribution is 5.13. The van der Waals surface area contributed by atoms with Gasteiger partial charge in [0.1, 0.15) is 6.10 Å². The number of ether oxygens (including phenoxy) is 1. The van der Waals surface area contributed by atoms with Crippen molar-refractivity contribution in [1.82, 2.24) is 0 Å². The fourth-order valence-corrected chi connectivity index (χ4v) is 1.47. The Morgan fingerprint density at radius 3 is 2.44 bits per heavy atom. The molecule has 2 atom stereocenters. The van der Waals surface area contributed by atoms with Gasteiger partial charge in [-0.05, 0) is 12.0 Å². The normalized spacial score (nSPS) is 14.7. The van der Waals surface area contributed by atoms with E-state index in [1.54, 1.807) is 0 Å². The van der Waals surface area contributed by atoms with Crippen LogP contribution in [0.25, 0.3) is 0 Å². The zero-order valence-electron chi connectivity index (χ0n) is 9.67. The summed E-state index contributed by atoms with van der Waals surface area (Å²) in [5, 5.41) is 19.0. The van der Waals surface area contributed by atoms with Crippen LogP contribution in [-0.2, 0) is 11.3 Å². The zero-order valence-corrected chi connectivity index (χ0v) is 9.67. The van der Waals surface area contributed by atoms with Crippen molar-refractivity contribution >= 4 is 0 Å². The topological polar surface area (TPSA) is 49.7 Å². The summed E-state index contributed by atoms with van der Waals surface area (Å²) in [7, 11) is 0. The van der Waals surface area contributed by atoms with Gasteiger partial charge >= 0.3 is 0 Å². The number of hydrogen-bond acceptors (Lipinski definition) is 3. The molecule has 0 aliphatic heterocycles. The molecule has 0 saturated heterocycles. The third kappa shape index (κ3) is 4.75. The van der Waals surface area contributed by atoms with E-state index in [4.69, 9.17) is 4.74 Å². The van der Waals surface area contributed by atoms with Crippen molar-refractivity contribution in [2.75, 3.05) is 6.61 Å². The lowest BCUT2D eigenvalue weighted by Crippen LogP contribution is -2.30. The molecule has 0 amide bonds. The van der Waals surface area contributed by atoms with Gasteiger partial charge in [-0.1, -0.05) is 43.7 Å². The second kappa shape index (κ2) is 7.39. The van der Waals surface area contributed by atoms with Crippen LogP contribution in [0.15, 0.2) is 30.3 Å². The second-order valence-corrected chi connectivity index (χ2v) is 3.92. The van der Waals surface area contributed by atoms with Gasteiger partial charge in [0.25, 0.3) is 0 Å². The third-order valence-electron chi connectivity index (χ3n) is 2.43. The molecule has 0 unspecified atom stereocenters. The first-order valence-corrected chi connectivity index (χ1v) is 5.71. The van der Waals surface area contributed by atoms with Crippen molar-refractivity contribution < 1.29 is 14.9 Å².